The van der Waals surface area contributed by atoms with Gasteiger partial charge in [0, 0.05) is 10.9 Å². The molecule has 0 aliphatic rings. The maximum absolute atomic E-state index is 12.4. The van der Waals surface area contributed by atoms with Gasteiger partial charge in [0.15, 0.2) is 11.5 Å². The molecule has 0 aliphatic carbocycles. The molecule has 0 radical (unpaired) electrons. The molecule has 27 heavy (non-hydrogen) atoms. The normalized spacial score (nSPS) is 10.9. The Labute approximate surface area is 154 Å². The second-order valence-corrected chi connectivity index (χ2v) is 5.93. The van der Waals surface area contributed by atoms with Crippen LogP contribution in [0.5, 0.6) is 11.5 Å². The molecule has 0 saturated heterocycles. The number of para-hydroxylation sites is 1. The molecule has 0 bridgehead atoms. The van der Waals surface area contributed by atoms with Crippen LogP contribution in [0.1, 0.15) is 5.56 Å². The van der Waals surface area contributed by atoms with Crippen LogP contribution in [0.15, 0.2) is 56.2 Å². The molecule has 0 saturated carbocycles. The first kappa shape index (κ1) is 16.8. The third-order valence-corrected chi connectivity index (χ3v) is 4.26. The van der Waals surface area contributed by atoms with E-state index >= 15 is 0 Å². The van der Waals surface area contributed by atoms with Gasteiger partial charge in [0.1, 0.15) is 11.1 Å². The number of nitrogens with zero attached hydrogens (tertiary/aromatic N) is 2. The van der Waals surface area contributed by atoms with Crippen molar-refractivity contribution >= 4 is 11.0 Å². The van der Waals surface area contributed by atoms with Gasteiger partial charge in [-0.1, -0.05) is 23.4 Å². The Kier molecular flexibility index (Phi) is 4.12. The Hall–Kier alpha value is -3.61. The minimum Gasteiger partial charge on any atom is -0.493 e. The van der Waals surface area contributed by atoms with Crippen LogP contribution in [0.4, 0.5) is 0 Å². The zero-order valence-electron chi connectivity index (χ0n) is 15.0. The molecule has 0 amide bonds. The van der Waals surface area contributed by atoms with Crippen molar-refractivity contribution in [3.63, 3.8) is 0 Å². The van der Waals surface area contributed by atoms with E-state index in [0.29, 0.717) is 28.5 Å². The number of ether oxygens (including phenoxy) is 2. The van der Waals surface area contributed by atoms with Gasteiger partial charge in [0.2, 0.25) is 5.82 Å². The average molecular weight is 364 g/mol. The number of aryl methyl sites for hydroxylation is 1. The lowest BCUT2D eigenvalue weighted by Gasteiger charge is -2.07. The summed E-state index contributed by atoms with van der Waals surface area (Å²) in [4.78, 5) is 16.7. The van der Waals surface area contributed by atoms with E-state index in [0.717, 1.165) is 10.9 Å². The number of aromatic nitrogens is 2. The summed E-state index contributed by atoms with van der Waals surface area (Å²) in [6, 6.07) is 12.6. The molecule has 2 heterocycles. The zero-order chi connectivity index (χ0) is 19.0. The maximum atomic E-state index is 12.4. The number of hydrogen-bond donors (Lipinski definition) is 0. The molecule has 0 spiro atoms. The topological polar surface area (TPSA) is 87.6 Å². The molecule has 0 aliphatic heterocycles. The van der Waals surface area contributed by atoms with Crippen molar-refractivity contribution in [2.45, 2.75) is 6.92 Å². The Balaban J connectivity index is 1.78. The van der Waals surface area contributed by atoms with Crippen molar-refractivity contribution < 1.29 is 18.4 Å². The zero-order valence-corrected chi connectivity index (χ0v) is 15.0. The van der Waals surface area contributed by atoms with E-state index in [1.807, 2.05) is 25.1 Å². The number of methoxy groups -OCH3 is 2. The van der Waals surface area contributed by atoms with Crippen molar-refractivity contribution in [2.24, 2.45) is 0 Å². The van der Waals surface area contributed by atoms with E-state index < -0.39 is 5.63 Å². The summed E-state index contributed by atoms with van der Waals surface area (Å²) in [5, 5.41) is 4.76. The predicted octanol–water partition coefficient (Wildman–Crippen LogP) is 3.84. The van der Waals surface area contributed by atoms with E-state index in [-0.39, 0.29) is 11.5 Å². The van der Waals surface area contributed by atoms with Crippen LogP contribution in [0.2, 0.25) is 0 Å². The summed E-state index contributed by atoms with van der Waals surface area (Å²) < 4.78 is 21.3. The van der Waals surface area contributed by atoms with Gasteiger partial charge in [-0.2, -0.15) is 4.98 Å². The minimum atomic E-state index is -0.528. The van der Waals surface area contributed by atoms with E-state index in [4.69, 9.17) is 18.4 Å². The molecular formula is C20H16N2O5. The van der Waals surface area contributed by atoms with E-state index in [2.05, 4.69) is 10.1 Å². The van der Waals surface area contributed by atoms with Gasteiger partial charge in [-0.15, -0.1) is 0 Å². The van der Waals surface area contributed by atoms with Gasteiger partial charge in [-0.3, -0.25) is 0 Å². The van der Waals surface area contributed by atoms with Crippen molar-refractivity contribution in [3.05, 3.63) is 58.4 Å². The van der Waals surface area contributed by atoms with Gasteiger partial charge in [-0.25, -0.2) is 4.79 Å². The lowest BCUT2D eigenvalue weighted by atomic mass is 10.1. The smallest absolute Gasteiger partial charge is 0.349 e. The summed E-state index contributed by atoms with van der Waals surface area (Å²) >= 11 is 0. The number of rotatable bonds is 4. The Morgan fingerprint density at radius 1 is 1.00 bits per heavy atom. The third-order valence-electron chi connectivity index (χ3n) is 4.26. The summed E-state index contributed by atoms with van der Waals surface area (Å²) in [5.74, 6) is 1.56. The molecular weight excluding hydrogens is 348 g/mol. The van der Waals surface area contributed by atoms with Crippen LogP contribution in [-0.2, 0) is 0 Å². The monoisotopic (exact) mass is 364 g/mol. The van der Waals surface area contributed by atoms with Gasteiger partial charge < -0.3 is 18.4 Å². The predicted molar refractivity (Wildman–Crippen MR) is 99.1 cm³/mol. The lowest BCUT2D eigenvalue weighted by molar-refractivity contribution is 0.355. The molecule has 2 aromatic heterocycles. The summed E-state index contributed by atoms with van der Waals surface area (Å²) in [6.45, 7) is 1.88. The van der Waals surface area contributed by atoms with Gasteiger partial charge in [0.25, 0.3) is 5.89 Å². The third kappa shape index (κ3) is 2.93. The number of benzene rings is 2. The van der Waals surface area contributed by atoms with Crippen LogP contribution in [0, 0.1) is 6.92 Å². The molecule has 2 aromatic carbocycles. The highest BCUT2D eigenvalue weighted by Gasteiger charge is 2.17. The first-order valence-electron chi connectivity index (χ1n) is 8.20. The lowest BCUT2D eigenvalue weighted by Crippen LogP contribution is -2.03. The molecule has 4 aromatic rings. The van der Waals surface area contributed by atoms with E-state index in [1.54, 1.807) is 38.5 Å². The maximum Gasteiger partial charge on any atom is 0.349 e. The number of fused-ring (bicyclic) bond motifs is 1. The fourth-order valence-electron chi connectivity index (χ4n) is 2.86. The molecule has 0 atom stereocenters. The fourth-order valence-corrected chi connectivity index (χ4v) is 2.86. The van der Waals surface area contributed by atoms with Crippen molar-refractivity contribution in [1.29, 1.82) is 0 Å². The second kappa shape index (κ2) is 6.60. The van der Waals surface area contributed by atoms with Crippen molar-refractivity contribution in [3.8, 4) is 34.3 Å². The highest BCUT2D eigenvalue weighted by molar-refractivity contribution is 5.82. The SMILES string of the molecule is COc1ccc(-c2noc(-c3cc4cccc(C)c4oc3=O)n2)cc1OC. The van der Waals surface area contributed by atoms with Gasteiger partial charge >= 0.3 is 5.63 Å². The molecule has 0 unspecified atom stereocenters. The highest BCUT2D eigenvalue weighted by Crippen LogP contribution is 2.32. The van der Waals surface area contributed by atoms with Gasteiger partial charge in [0.05, 0.1) is 14.2 Å². The molecule has 4 rings (SSSR count). The second-order valence-electron chi connectivity index (χ2n) is 5.93. The standard InChI is InChI=1S/C20H16N2O5/c1-11-5-4-6-12-9-14(20(23)26-17(11)12)19-21-18(22-27-19)13-7-8-15(24-2)16(10-13)25-3/h4-10H,1-3H3. The largest absolute Gasteiger partial charge is 0.493 e. The first-order chi connectivity index (χ1) is 13.1. The Morgan fingerprint density at radius 3 is 2.59 bits per heavy atom. The average Bonchev–Trinajstić information content (AvgIpc) is 3.17. The summed E-state index contributed by atoms with van der Waals surface area (Å²) in [6.07, 6.45) is 0. The minimum absolute atomic E-state index is 0.0944. The van der Waals surface area contributed by atoms with Crippen LogP contribution in [0.3, 0.4) is 0 Å². The molecule has 7 heteroatoms. The van der Waals surface area contributed by atoms with Crippen LogP contribution in [-0.4, -0.2) is 24.4 Å². The quantitative estimate of drug-likeness (QED) is 0.508. The fraction of sp³-hybridized carbons (Fsp3) is 0.150. The summed E-state index contributed by atoms with van der Waals surface area (Å²) in [5.41, 5.74) is 1.79. The highest BCUT2D eigenvalue weighted by atomic mass is 16.5. The molecule has 7 nitrogen and oxygen atoms in total. The van der Waals surface area contributed by atoms with Crippen LogP contribution >= 0.6 is 0 Å². The molecule has 136 valence electrons. The molecule has 0 N–H and O–H groups in total. The molecule has 0 fully saturated rings. The van der Waals surface area contributed by atoms with Gasteiger partial charge in [-0.05, 0) is 36.8 Å². The first-order valence-corrected chi connectivity index (χ1v) is 8.20. The van der Waals surface area contributed by atoms with E-state index in [9.17, 15) is 4.79 Å². The van der Waals surface area contributed by atoms with Crippen LogP contribution < -0.4 is 15.1 Å². The Morgan fingerprint density at radius 2 is 1.81 bits per heavy atom. The summed E-state index contributed by atoms with van der Waals surface area (Å²) in [7, 11) is 3.11. The van der Waals surface area contributed by atoms with Crippen LogP contribution in [0.25, 0.3) is 33.8 Å². The van der Waals surface area contributed by atoms with E-state index in [1.165, 1.54) is 0 Å². The Bertz CT molecular complexity index is 1190. The van der Waals surface area contributed by atoms with Crippen molar-refractivity contribution in [1.82, 2.24) is 10.1 Å². The number of hydrogen-bond acceptors (Lipinski definition) is 7. The van der Waals surface area contributed by atoms with Crippen molar-refractivity contribution in [2.75, 3.05) is 14.2 Å².